The number of aromatic nitrogens is 2. The third-order valence-electron chi connectivity index (χ3n) is 4.00. The number of rotatable bonds is 2. The van der Waals surface area contributed by atoms with E-state index in [0.717, 1.165) is 43.2 Å². The van der Waals surface area contributed by atoms with E-state index in [0.29, 0.717) is 0 Å². The number of anilines is 1. The molecule has 0 aromatic carbocycles. The molecule has 1 aliphatic heterocycles. The van der Waals surface area contributed by atoms with Gasteiger partial charge in [-0.15, -0.1) is 0 Å². The molecule has 1 saturated heterocycles. The summed E-state index contributed by atoms with van der Waals surface area (Å²) in [4.78, 5) is 11.2. The highest BCUT2D eigenvalue weighted by molar-refractivity contribution is 5.35. The van der Waals surface area contributed by atoms with E-state index >= 15 is 0 Å². The van der Waals surface area contributed by atoms with Gasteiger partial charge in [0.25, 0.3) is 0 Å². The fourth-order valence-electron chi connectivity index (χ4n) is 2.68. The van der Waals surface area contributed by atoms with E-state index in [-0.39, 0.29) is 0 Å². The molecule has 3 heteroatoms. The summed E-state index contributed by atoms with van der Waals surface area (Å²) in [6.07, 6.45) is 4.92. The Morgan fingerprint density at radius 3 is 2.40 bits per heavy atom. The smallest absolute Gasteiger partial charge is 0.225 e. The quantitative estimate of drug-likeness (QED) is 0.733. The highest BCUT2D eigenvalue weighted by Gasteiger charge is 2.53. The Hall–Kier alpha value is -1.12. The Morgan fingerprint density at radius 2 is 1.87 bits per heavy atom. The number of aryl methyl sites for hydroxylation is 1. The molecule has 1 aliphatic carbocycles. The minimum atomic E-state index is 0.916. The van der Waals surface area contributed by atoms with Crippen LogP contribution < -0.4 is 4.90 Å². The molecule has 2 heterocycles. The predicted molar refractivity (Wildman–Crippen MR) is 59.8 cm³/mol. The first-order valence-electron chi connectivity index (χ1n) is 5.85. The Morgan fingerprint density at radius 1 is 1.27 bits per heavy atom. The maximum atomic E-state index is 4.43. The lowest BCUT2D eigenvalue weighted by atomic mass is 10.3. The summed E-state index contributed by atoms with van der Waals surface area (Å²) in [5.41, 5.74) is 1.22. The monoisotopic (exact) mass is 203 g/mol. The first kappa shape index (κ1) is 9.13. The molecule has 0 N–H and O–H groups in total. The van der Waals surface area contributed by atoms with Crippen molar-refractivity contribution < 1.29 is 0 Å². The molecule has 3 nitrogen and oxygen atoms in total. The van der Waals surface area contributed by atoms with Crippen molar-refractivity contribution >= 4 is 5.95 Å². The van der Waals surface area contributed by atoms with Crippen LogP contribution in [0.15, 0.2) is 12.4 Å². The van der Waals surface area contributed by atoms with Gasteiger partial charge in [-0.05, 0) is 29.7 Å². The zero-order valence-corrected chi connectivity index (χ0v) is 9.35. The zero-order chi connectivity index (χ0) is 10.4. The van der Waals surface area contributed by atoms with Gasteiger partial charge in [0.15, 0.2) is 0 Å². The third kappa shape index (κ3) is 1.41. The van der Waals surface area contributed by atoms with Crippen LogP contribution in [0.4, 0.5) is 5.95 Å². The molecule has 1 saturated carbocycles. The topological polar surface area (TPSA) is 29.0 Å². The zero-order valence-electron chi connectivity index (χ0n) is 9.35. The SMILES string of the molecule is CCc1cnc(N2CC3C(C)C3C2)nc1. The van der Waals surface area contributed by atoms with Crippen molar-refractivity contribution in [2.45, 2.75) is 20.3 Å². The Kier molecular flexibility index (Phi) is 1.94. The summed E-state index contributed by atoms with van der Waals surface area (Å²) in [5, 5.41) is 0. The molecule has 2 atom stereocenters. The fourth-order valence-corrected chi connectivity index (χ4v) is 2.68. The second-order valence-electron chi connectivity index (χ2n) is 4.84. The molecule has 0 amide bonds. The van der Waals surface area contributed by atoms with Crippen LogP contribution in [0.3, 0.4) is 0 Å². The minimum absolute atomic E-state index is 0.916. The molecule has 1 aromatic heterocycles. The molecule has 2 fully saturated rings. The molecule has 0 bridgehead atoms. The van der Waals surface area contributed by atoms with E-state index in [2.05, 4.69) is 28.7 Å². The van der Waals surface area contributed by atoms with Crippen LogP contribution in [-0.4, -0.2) is 23.1 Å². The van der Waals surface area contributed by atoms with Crippen molar-refractivity contribution in [2.75, 3.05) is 18.0 Å². The second kappa shape index (κ2) is 3.19. The molecule has 3 rings (SSSR count). The van der Waals surface area contributed by atoms with Crippen LogP contribution in [0.2, 0.25) is 0 Å². The molecule has 2 unspecified atom stereocenters. The molecular weight excluding hydrogens is 186 g/mol. The molecule has 15 heavy (non-hydrogen) atoms. The number of hydrogen-bond donors (Lipinski definition) is 0. The van der Waals surface area contributed by atoms with Gasteiger partial charge in [0.1, 0.15) is 0 Å². The van der Waals surface area contributed by atoms with Crippen LogP contribution in [0.5, 0.6) is 0 Å². The van der Waals surface area contributed by atoms with Crippen LogP contribution in [0, 0.1) is 17.8 Å². The largest absolute Gasteiger partial charge is 0.340 e. The number of fused-ring (bicyclic) bond motifs is 1. The third-order valence-corrected chi connectivity index (χ3v) is 4.00. The average Bonchev–Trinajstić information content (AvgIpc) is 2.74. The molecule has 80 valence electrons. The maximum absolute atomic E-state index is 4.43. The Bertz CT molecular complexity index is 348. The maximum Gasteiger partial charge on any atom is 0.225 e. The van der Waals surface area contributed by atoms with Gasteiger partial charge in [-0.1, -0.05) is 13.8 Å². The van der Waals surface area contributed by atoms with Crippen LogP contribution >= 0.6 is 0 Å². The first-order chi connectivity index (χ1) is 7.29. The van der Waals surface area contributed by atoms with E-state index in [1.54, 1.807) is 0 Å². The summed E-state index contributed by atoms with van der Waals surface area (Å²) in [7, 11) is 0. The van der Waals surface area contributed by atoms with Crippen molar-refractivity contribution in [3.8, 4) is 0 Å². The van der Waals surface area contributed by atoms with E-state index in [1.165, 1.54) is 5.56 Å². The van der Waals surface area contributed by atoms with Gasteiger partial charge in [-0.2, -0.15) is 0 Å². The van der Waals surface area contributed by atoms with Gasteiger partial charge >= 0.3 is 0 Å². The lowest BCUT2D eigenvalue weighted by molar-refractivity contribution is 0.676. The van der Waals surface area contributed by atoms with E-state index in [9.17, 15) is 0 Å². The van der Waals surface area contributed by atoms with Crippen LogP contribution in [-0.2, 0) is 6.42 Å². The highest BCUT2D eigenvalue weighted by Crippen LogP contribution is 2.51. The number of hydrogen-bond acceptors (Lipinski definition) is 3. The Balaban J connectivity index is 1.72. The van der Waals surface area contributed by atoms with Crippen molar-refractivity contribution in [1.29, 1.82) is 0 Å². The summed E-state index contributed by atoms with van der Waals surface area (Å²) in [6, 6.07) is 0. The normalized spacial score (nSPS) is 32.9. The minimum Gasteiger partial charge on any atom is -0.340 e. The van der Waals surface area contributed by atoms with Gasteiger partial charge in [-0.3, -0.25) is 0 Å². The molecule has 0 radical (unpaired) electrons. The standard InChI is InChI=1S/C12H17N3/c1-3-9-4-13-12(14-5-9)15-6-10-8(2)11(10)7-15/h4-5,8,10-11H,3,6-7H2,1-2H3. The average molecular weight is 203 g/mol. The summed E-state index contributed by atoms with van der Waals surface area (Å²) < 4.78 is 0. The van der Waals surface area contributed by atoms with E-state index in [4.69, 9.17) is 0 Å². The van der Waals surface area contributed by atoms with Crippen molar-refractivity contribution in [3.05, 3.63) is 18.0 Å². The molecular formula is C12H17N3. The summed E-state index contributed by atoms with van der Waals surface area (Å²) in [5.74, 6) is 3.70. The summed E-state index contributed by atoms with van der Waals surface area (Å²) >= 11 is 0. The number of nitrogens with zero attached hydrogens (tertiary/aromatic N) is 3. The van der Waals surface area contributed by atoms with Crippen LogP contribution in [0.25, 0.3) is 0 Å². The van der Waals surface area contributed by atoms with Gasteiger partial charge < -0.3 is 4.90 Å². The highest BCUT2D eigenvalue weighted by atomic mass is 15.3. The lowest BCUT2D eigenvalue weighted by Gasteiger charge is -2.18. The molecule has 2 aliphatic rings. The van der Waals surface area contributed by atoms with Crippen molar-refractivity contribution in [2.24, 2.45) is 17.8 Å². The predicted octanol–water partition coefficient (Wildman–Crippen LogP) is 1.74. The van der Waals surface area contributed by atoms with Crippen molar-refractivity contribution in [1.82, 2.24) is 9.97 Å². The lowest BCUT2D eigenvalue weighted by Crippen LogP contribution is -2.25. The van der Waals surface area contributed by atoms with Crippen molar-refractivity contribution in [3.63, 3.8) is 0 Å². The van der Waals surface area contributed by atoms with E-state index < -0.39 is 0 Å². The molecule has 0 spiro atoms. The van der Waals surface area contributed by atoms with Gasteiger partial charge in [0.2, 0.25) is 5.95 Å². The number of piperidine rings is 1. The summed E-state index contributed by atoms with van der Waals surface area (Å²) in [6.45, 7) is 6.81. The fraction of sp³-hybridized carbons (Fsp3) is 0.667. The Labute approximate surface area is 90.5 Å². The van der Waals surface area contributed by atoms with Gasteiger partial charge in [0, 0.05) is 25.5 Å². The molecule has 1 aromatic rings. The first-order valence-corrected chi connectivity index (χ1v) is 5.85. The van der Waals surface area contributed by atoms with Crippen LogP contribution in [0.1, 0.15) is 19.4 Å². The van der Waals surface area contributed by atoms with Gasteiger partial charge in [0.05, 0.1) is 0 Å². The van der Waals surface area contributed by atoms with Gasteiger partial charge in [-0.25, -0.2) is 9.97 Å². The second-order valence-corrected chi connectivity index (χ2v) is 4.84. The van der Waals surface area contributed by atoms with E-state index in [1.807, 2.05) is 12.4 Å².